The lowest BCUT2D eigenvalue weighted by molar-refractivity contribution is 0.0783. The van der Waals surface area contributed by atoms with Crippen LogP contribution in [0.5, 0.6) is 0 Å². The fourth-order valence-electron chi connectivity index (χ4n) is 4.40. The minimum Gasteiger partial charge on any atom is -0.329 e. The molecule has 2 saturated heterocycles. The van der Waals surface area contributed by atoms with Gasteiger partial charge in [-0.3, -0.25) is 4.90 Å². The fraction of sp³-hybridized carbons (Fsp3) is 1.00. The molecular formula is C18H37N3. The molecule has 2 N–H and O–H groups in total. The van der Waals surface area contributed by atoms with Crippen molar-refractivity contribution < 1.29 is 0 Å². The zero-order chi connectivity index (χ0) is 15.5. The zero-order valence-corrected chi connectivity index (χ0v) is 14.8. The molecule has 2 aliphatic heterocycles. The van der Waals surface area contributed by atoms with Gasteiger partial charge in [-0.05, 0) is 83.1 Å². The largest absolute Gasteiger partial charge is 0.329 e. The second-order valence-electron chi connectivity index (χ2n) is 8.57. The molecule has 2 aliphatic rings. The minimum atomic E-state index is 0.275. The molecule has 2 unspecified atom stereocenters. The van der Waals surface area contributed by atoms with Crippen LogP contribution in [0.15, 0.2) is 0 Å². The van der Waals surface area contributed by atoms with Crippen LogP contribution in [0.4, 0.5) is 0 Å². The van der Waals surface area contributed by atoms with Crippen molar-refractivity contribution in [1.29, 1.82) is 0 Å². The predicted molar refractivity (Wildman–Crippen MR) is 91.5 cm³/mol. The standard InChI is InChI=1S/C18H37N3/c1-17(2,3)16-7-5-12-21(13-8-16)18(15-19)9-6-11-20(4)14-10-18/h16H,5-15,19H2,1-4H3. The van der Waals surface area contributed by atoms with Crippen molar-refractivity contribution in [2.75, 3.05) is 39.8 Å². The number of nitrogens with zero attached hydrogens (tertiary/aromatic N) is 2. The quantitative estimate of drug-likeness (QED) is 0.850. The summed E-state index contributed by atoms with van der Waals surface area (Å²) in [6.45, 7) is 13.0. The lowest BCUT2D eigenvalue weighted by atomic mass is 9.76. The minimum absolute atomic E-state index is 0.275. The Bertz CT molecular complexity index is 323. The van der Waals surface area contributed by atoms with Crippen LogP contribution in [-0.2, 0) is 0 Å². The first kappa shape index (κ1) is 17.2. The van der Waals surface area contributed by atoms with Gasteiger partial charge in [-0.2, -0.15) is 0 Å². The van der Waals surface area contributed by atoms with E-state index in [9.17, 15) is 0 Å². The second kappa shape index (κ2) is 6.97. The van der Waals surface area contributed by atoms with Crippen LogP contribution in [0.3, 0.4) is 0 Å². The highest BCUT2D eigenvalue weighted by molar-refractivity contribution is 4.96. The number of nitrogens with two attached hydrogens (primary N) is 1. The van der Waals surface area contributed by atoms with Gasteiger partial charge in [0.15, 0.2) is 0 Å². The molecule has 124 valence electrons. The van der Waals surface area contributed by atoms with Gasteiger partial charge < -0.3 is 10.6 Å². The van der Waals surface area contributed by atoms with E-state index >= 15 is 0 Å². The molecule has 2 atom stereocenters. The van der Waals surface area contributed by atoms with Crippen LogP contribution in [0.2, 0.25) is 0 Å². The molecule has 3 nitrogen and oxygen atoms in total. The second-order valence-corrected chi connectivity index (χ2v) is 8.57. The van der Waals surface area contributed by atoms with Gasteiger partial charge in [0.05, 0.1) is 0 Å². The monoisotopic (exact) mass is 295 g/mol. The molecule has 3 heteroatoms. The van der Waals surface area contributed by atoms with E-state index in [2.05, 4.69) is 37.6 Å². The van der Waals surface area contributed by atoms with Crippen LogP contribution in [-0.4, -0.2) is 55.1 Å². The Labute approximate surface area is 132 Å². The van der Waals surface area contributed by atoms with Crippen molar-refractivity contribution in [3.63, 3.8) is 0 Å². The van der Waals surface area contributed by atoms with Gasteiger partial charge in [0.2, 0.25) is 0 Å². The smallest absolute Gasteiger partial charge is 0.0344 e. The molecule has 0 aliphatic carbocycles. The first-order valence-electron chi connectivity index (χ1n) is 9.01. The topological polar surface area (TPSA) is 32.5 Å². The Morgan fingerprint density at radius 1 is 1.00 bits per heavy atom. The third-order valence-corrected chi connectivity index (χ3v) is 6.14. The van der Waals surface area contributed by atoms with Gasteiger partial charge >= 0.3 is 0 Å². The lowest BCUT2D eigenvalue weighted by Crippen LogP contribution is -2.54. The SMILES string of the molecule is CN1CCCC(CN)(N2CCCC(C(C)(C)C)CC2)CC1. The maximum Gasteiger partial charge on any atom is 0.0344 e. The first-order chi connectivity index (χ1) is 9.87. The fourth-order valence-corrected chi connectivity index (χ4v) is 4.40. The van der Waals surface area contributed by atoms with E-state index in [1.807, 2.05) is 0 Å². The van der Waals surface area contributed by atoms with Gasteiger partial charge in [0.1, 0.15) is 0 Å². The molecule has 0 saturated carbocycles. The molecule has 2 fully saturated rings. The molecular weight excluding hydrogens is 258 g/mol. The summed E-state index contributed by atoms with van der Waals surface area (Å²) < 4.78 is 0. The highest BCUT2D eigenvalue weighted by Gasteiger charge is 2.38. The average molecular weight is 296 g/mol. The van der Waals surface area contributed by atoms with E-state index in [0.29, 0.717) is 5.41 Å². The Balaban J connectivity index is 2.05. The average Bonchev–Trinajstić information content (AvgIpc) is 2.77. The van der Waals surface area contributed by atoms with E-state index in [-0.39, 0.29) is 5.54 Å². The normalized spacial score (nSPS) is 34.4. The van der Waals surface area contributed by atoms with Gasteiger partial charge in [-0.1, -0.05) is 20.8 Å². The van der Waals surface area contributed by atoms with Crippen LogP contribution in [0, 0.1) is 11.3 Å². The van der Waals surface area contributed by atoms with Crippen molar-refractivity contribution in [2.45, 2.75) is 64.8 Å². The third-order valence-electron chi connectivity index (χ3n) is 6.14. The maximum atomic E-state index is 6.30. The molecule has 0 aromatic heterocycles. The van der Waals surface area contributed by atoms with Gasteiger partial charge in [0.25, 0.3) is 0 Å². The predicted octanol–water partition coefficient (Wildman–Crippen LogP) is 2.95. The van der Waals surface area contributed by atoms with Gasteiger partial charge in [0, 0.05) is 12.1 Å². The molecule has 0 bridgehead atoms. The molecule has 0 amide bonds. The molecule has 21 heavy (non-hydrogen) atoms. The number of likely N-dealkylation sites (tertiary alicyclic amines) is 2. The molecule has 0 spiro atoms. The Morgan fingerprint density at radius 2 is 1.76 bits per heavy atom. The van der Waals surface area contributed by atoms with Crippen molar-refractivity contribution in [1.82, 2.24) is 9.80 Å². The number of rotatable bonds is 2. The van der Waals surface area contributed by atoms with Crippen molar-refractivity contribution >= 4 is 0 Å². The van der Waals surface area contributed by atoms with Crippen molar-refractivity contribution in [3.05, 3.63) is 0 Å². The van der Waals surface area contributed by atoms with E-state index in [0.717, 1.165) is 12.5 Å². The van der Waals surface area contributed by atoms with Crippen LogP contribution < -0.4 is 5.73 Å². The van der Waals surface area contributed by atoms with E-state index < -0.39 is 0 Å². The van der Waals surface area contributed by atoms with Crippen molar-refractivity contribution in [3.8, 4) is 0 Å². The summed E-state index contributed by atoms with van der Waals surface area (Å²) in [6, 6.07) is 0. The highest BCUT2D eigenvalue weighted by atomic mass is 15.2. The molecule has 0 aromatic carbocycles. The molecule has 2 rings (SSSR count). The van der Waals surface area contributed by atoms with Crippen LogP contribution >= 0.6 is 0 Å². The zero-order valence-electron chi connectivity index (χ0n) is 14.8. The van der Waals surface area contributed by atoms with Crippen molar-refractivity contribution in [2.24, 2.45) is 17.1 Å². The number of hydrogen-bond acceptors (Lipinski definition) is 3. The Hall–Kier alpha value is -0.120. The first-order valence-corrected chi connectivity index (χ1v) is 9.01. The Morgan fingerprint density at radius 3 is 2.43 bits per heavy atom. The summed E-state index contributed by atoms with van der Waals surface area (Å²) >= 11 is 0. The summed E-state index contributed by atoms with van der Waals surface area (Å²) in [5.74, 6) is 0.866. The summed E-state index contributed by atoms with van der Waals surface area (Å²) in [7, 11) is 2.25. The third kappa shape index (κ3) is 4.20. The summed E-state index contributed by atoms with van der Waals surface area (Å²) in [4.78, 5) is 5.26. The highest BCUT2D eigenvalue weighted by Crippen LogP contribution is 2.37. The van der Waals surface area contributed by atoms with Crippen LogP contribution in [0.1, 0.15) is 59.3 Å². The van der Waals surface area contributed by atoms with Crippen LogP contribution in [0.25, 0.3) is 0 Å². The molecule has 0 radical (unpaired) electrons. The summed E-state index contributed by atoms with van der Waals surface area (Å²) in [5, 5.41) is 0. The Kier molecular flexibility index (Phi) is 5.72. The molecule has 2 heterocycles. The lowest BCUT2D eigenvalue weighted by Gasteiger charge is -2.43. The van der Waals surface area contributed by atoms with Gasteiger partial charge in [-0.15, -0.1) is 0 Å². The van der Waals surface area contributed by atoms with E-state index in [4.69, 9.17) is 5.73 Å². The molecule has 0 aromatic rings. The maximum absolute atomic E-state index is 6.30. The van der Waals surface area contributed by atoms with Gasteiger partial charge in [-0.25, -0.2) is 0 Å². The van der Waals surface area contributed by atoms with E-state index in [1.54, 1.807) is 0 Å². The van der Waals surface area contributed by atoms with E-state index in [1.165, 1.54) is 64.7 Å². The summed E-state index contributed by atoms with van der Waals surface area (Å²) in [5.41, 5.74) is 7.02. The summed E-state index contributed by atoms with van der Waals surface area (Å²) in [6.07, 6.45) is 7.92. The number of hydrogen-bond donors (Lipinski definition) is 1.